The molecule has 2 heterocycles. The van der Waals surface area contributed by atoms with E-state index in [-0.39, 0.29) is 46.2 Å². The maximum Gasteiger partial charge on any atom is 0.260 e. The molecule has 236 valence electrons. The van der Waals surface area contributed by atoms with E-state index in [4.69, 9.17) is 4.43 Å². The highest BCUT2D eigenvalue weighted by molar-refractivity contribution is 7.92. The van der Waals surface area contributed by atoms with Gasteiger partial charge in [-0.1, -0.05) is 45.0 Å². The Morgan fingerprint density at radius 3 is 2.30 bits per heavy atom. The number of sulfone groups is 1. The van der Waals surface area contributed by atoms with E-state index in [0.717, 1.165) is 18.4 Å². The van der Waals surface area contributed by atoms with Crippen LogP contribution in [0.5, 0.6) is 0 Å². The molecule has 0 unspecified atom stereocenters. The molecule has 4 rings (SSSR count). The van der Waals surface area contributed by atoms with Crippen molar-refractivity contribution < 1.29 is 30.0 Å². The second-order valence-corrected chi connectivity index (χ2v) is 20.4. The summed E-state index contributed by atoms with van der Waals surface area (Å²) < 4.78 is 88.5. The summed E-state index contributed by atoms with van der Waals surface area (Å²) in [6.45, 7) is 10.5. The molecule has 0 aliphatic carbocycles. The molecule has 0 saturated heterocycles. The summed E-state index contributed by atoms with van der Waals surface area (Å²) in [6, 6.07) is 10.3. The quantitative estimate of drug-likeness (QED) is 0.183. The minimum absolute atomic E-state index is 0.0340. The van der Waals surface area contributed by atoms with Gasteiger partial charge in [0.15, 0.2) is 8.32 Å². The number of nitrogens with one attached hydrogen (secondary N) is 1. The molecule has 0 spiro atoms. The minimum atomic E-state index is -4.18. The molecule has 2 aromatic carbocycles. The van der Waals surface area contributed by atoms with Gasteiger partial charge in [0.05, 0.1) is 18.0 Å². The summed E-state index contributed by atoms with van der Waals surface area (Å²) in [5.74, 6) is -2.37. The Morgan fingerprint density at radius 1 is 1.00 bits per heavy atom. The van der Waals surface area contributed by atoms with Crippen LogP contribution in [0.1, 0.15) is 26.3 Å². The predicted octanol–water partition coefficient (Wildman–Crippen LogP) is 5.10. The Morgan fingerprint density at radius 2 is 1.68 bits per heavy atom. The average Bonchev–Trinajstić information content (AvgIpc) is 2.90. The molecule has 0 aliphatic rings. The third kappa shape index (κ3) is 7.39. The lowest BCUT2D eigenvalue weighted by atomic mass is 10.1. The van der Waals surface area contributed by atoms with Crippen LogP contribution in [0.15, 0.2) is 64.7 Å². The van der Waals surface area contributed by atoms with E-state index in [1.165, 1.54) is 47.2 Å². The molecule has 0 amide bonds. The first-order valence-corrected chi connectivity index (χ1v) is 20.0. The zero-order valence-corrected chi connectivity index (χ0v) is 27.8. The Kier molecular flexibility index (Phi) is 9.18. The highest BCUT2D eigenvalue weighted by atomic mass is 32.2. The predicted molar refractivity (Wildman–Crippen MR) is 168 cm³/mol. The van der Waals surface area contributed by atoms with Gasteiger partial charge in [0, 0.05) is 35.5 Å². The molecule has 4 aromatic rings. The second-order valence-electron chi connectivity index (χ2n) is 12.0. The van der Waals surface area contributed by atoms with Gasteiger partial charge in [-0.15, -0.1) is 0 Å². The van der Waals surface area contributed by atoms with E-state index >= 15 is 4.39 Å². The number of nitrogens with zero attached hydrogens (tertiary/aromatic N) is 3. The smallest absolute Gasteiger partial charge is 0.260 e. The van der Waals surface area contributed by atoms with Gasteiger partial charge in [-0.2, -0.15) is 4.98 Å². The van der Waals surface area contributed by atoms with E-state index in [1.54, 1.807) is 0 Å². The van der Waals surface area contributed by atoms with Gasteiger partial charge in [-0.3, -0.25) is 14.1 Å². The first-order chi connectivity index (χ1) is 20.3. The molecule has 1 N–H and O–H groups in total. The van der Waals surface area contributed by atoms with Crippen LogP contribution in [0.3, 0.4) is 0 Å². The number of hydrogen-bond acceptors (Lipinski definition) is 8. The highest BCUT2D eigenvalue weighted by Crippen LogP contribution is 2.36. The van der Waals surface area contributed by atoms with Crippen molar-refractivity contribution >= 4 is 44.9 Å². The summed E-state index contributed by atoms with van der Waals surface area (Å²) in [5, 5.41) is -0.215. The van der Waals surface area contributed by atoms with Gasteiger partial charge in [-0.25, -0.2) is 30.6 Å². The van der Waals surface area contributed by atoms with E-state index in [0.29, 0.717) is 5.39 Å². The second kappa shape index (κ2) is 12.1. The fraction of sp³-hybridized carbons (Fsp3) is 0.345. The number of benzene rings is 2. The number of aromatic nitrogens is 3. The summed E-state index contributed by atoms with van der Waals surface area (Å²) in [4.78, 5) is 21.9. The number of rotatable bonds is 10. The number of fused-ring (bicyclic) bond motifs is 1. The lowest BCUT2D eigenvalue weighted by Gasteiger charge is -2.36. The molecular weight excluding hydrogens is 631 g/mol. The Balaban J connectivity index is 1.73. The molecule has 15 heteroatoms. The van der Waals surface area contributed by atoms with Crippen molar-refractivity contribution in [1.29, 1.82) is 0 Å². The van der Waals surface area contributed by atoms with Crippen LogP contribution >= 0.6 is 0 Å². The van der Waals surface area contributed by atoms with Gasteiger partial charge in [0.2, 0.25) is 25.0 Å². The first-order valence-electron chi connectivity index (χ1n) is 13.6. The fourth-order valence-corrected chi connectivity index (χ4v) is 6.88. The molecule has 10 nitrogen and oxygen atoms in total. The van der Waals surface area contributed by atoms with Gasteiger partial charge in [-0.05, 0) is 48.0 Å². The Hall–Kier alpha value is -3.53. The van der Waals surface area contributed by atoms with Crippen molar-refractivity contribution in [3.05, 3.63) is 82.3 Å². The van der Waals surface area contributed by atoms with Gasteiger partial charge in [0.1, 0.15) is 17.3 Å². The van der Waals surface area contributed by atoms with Crippen molar-refractivity contribution in [3.8, 4) is 11.1 Å². The zero-order valence-electron chi connectivity index (χ0n) is 25.2. The third-order valence-electron chi connectivity index (χ3n) is 7.57. The van der Waals surface area contributed by atoms with Crippen molar-refractivity contribution in [2.24, 2.45) is 0 Å². The van der Waals surface area contributed by atoms with Crippen molar-refractivity contribution in [3.63, 3.8) is 0 Å². The largest absolute Gasteiger partial charge is 0.415 e. The lowest BCUT2D eigenvalue weighted by Crippen LogP contribution is -2.42. The number of sulfonamides is 1. The Bertz CT molecular complexity index is 2010. The van der Waals surface area contributed by atoms with Crippen LogP contribution in [0.25, 0.3) is 22.2 Å². The normalized spacial score (nSPS) is 12.9. The lowest BCUT2D eigenvalue weighted by molar-refractivity contribution is 0.271. The molecule has 44 heavy (non-hydrogen) atoms. The number of anilines is 1. The fourth-order valence-electron chi connectivity index (χ4n) is 4.13. The number of halogens is 2. The number of hydrogen-bond donors (Lipinski definition) is 1. The SMILES string of the molecule is CC(C)(C)[Si](C)(C)OCCn1c(=O)c(-c2ccc(NS(=O)(=O)Cc3ccccc3F)c(F)c2)cc2cnc(S(C)(=O)=O)nc21. The van der Waals surface area contributed by atoms with Crippen molar-refractivity contribution in [1.82, 2.24) is 14.5 Å². The third-order valence-corrected chi connectivity index (χ3v) is 14.2. The zero-order chi connectivity index (χ0) is 32.7. The molecule has 0 fully saturated rings. The topological polar surface area (TPSA) is 137 Å². The molecule has 0 bridgehead atoms. The van der Waals surface area contributed by atoms with Crippen LogP contribution in [-0.4, -0.2) is 52.6 Å². The van der Waals surface area contributed by atoms with Crippen LogP contribution in [0.4, 0.5) is 14.5 Å². The monoisotopic (exact) mass is 664 g/mol. The van der Waals surface area contributed by atoms with Gasteiger partial charge < -0.3 is 4.43 Å². The van der Waals surface area contributed by atoms with Crippen molar-refractivity contribution in [2.45, 2.75) is 56.4 Å². The summed E-state index contributed by atoms with van der Waals surface area (Å²) in [7, 11) is -10.2. The van der Waals surface area contributed by atoms with Crippen molar-refractivity contribution in [2.75, 3.05) is 17.6 Å². The molecule has 2 aromatic heterocycles. The van der Waals surface area contributed by atoms with Crippen LogP contribution in [0, 0.1) is 11.6 Å². The van der Waals surface area contributed by atoms with Gasteiger partial charge >= 0.3 is 0 Å². The summed E-state index contributed by atoms with van der Waals surface area (Å²) >= 11 is 0. The van der Waals surface area contributed by atoms with Crippen LogP contribution < -0.4 is 10.3 Å². The van der Waals surface area contributed by atoms with E-state index < -0.39 is 56.3 Å². The summed E-state index contributed by atoms with van der Waals surface area (Å²) in [5.41, 5.74) is -0.770. The highest BCUT2D eigenvalue weighted by Gasteiger charge is 2.37. The van der Waals surface area contributed by atoms with Crippen LogP contribution in [0.2, 0.25) is 18.1 Å². The average molecular weight is 665 g/mol. The molecular formula is C29H34F2N4O6S2Si. The van der Waals surface area contributed by atoms with Crippen LogP contribution in [-0.2, 0) is 36.6 Å². The van der Waals surface area contributed by atoms with E-state index in [9.17, 15) is 26.0 Å². The maximum atomic E-state index is 15.2. The van der Waals surface area contributed by atoms with E-state index in [1.807, 2.05) is 0 Å². The maximum absolute atomic E-state index is 15.2. The Labute approximate surface area is 256 Å². The summed E-state index contributed by atoms with van der Waals surface area (Å²) in [6.07, 6.45) is 2.23. The molecule has 0 atom stereocenters. The molecule has 0 aliphatic heterocycles. The van der Waals surface area contributed by atoms with Gasteiger partial charge in [0.25, 0.3) is 5.56 Å². The number of pyridine rings is 1. The molecule has 0 saturated carbocycles. The standard InChI is InChI=1S/C29H34F2N4O6S2Si/c1-29(2,3)44(5,6)41-14-13-35-26-21(17-32-28(33-26)42(4,37)38)15-22(27(35)36)19-11-12-25(24(31)16-19)34-43(39,40)18-20-9-7-8-10-23(20)30/h7-12,15-17,34H,13-14,18H2,1-6H3. The van der Waals surface area contributed by atoms with E-state index in [2.05, 4.69) is 48.6 Å². The minimum Gasteiger partial charge on any atom is -0.415 e. The molecule has 0 radical (unpaired) electrons. The first kappa shape index (κ1) is 33.4.